The summed E-state index contributed by atoms with van der Waals surface area (Å²) in [5.74, 6) is -2.74. The summed E-state index contributed by atoms with van der Waals surface area (Å²) in [5.41, 5.74) is 3.95. The van der Waals surface area contributed by atoms with Crippen LogP contribution in [-0.4, -0.2) is 24.4 Å². The number of hydrogen-bond acceptors (Lipinski definition) is 6. The molecule has 96 valence electrons. The number of nitrogens with zero attached hydrogens (tertiary/aromatic N) is 2. The van der Waals surface area contributed by atoms with Crippen LogP contribution in [0.2, 0.25) is 0 Å². The van der Waals surface area contributed by atoms with Crippen molar-refractivity contribution in [3.63, 3.8) is 0 Å². The fourth-order valence-electron chi connectivity index (χ4n) is 1.11. The largest absolute Gasteiger partial charge is 0.573 e. The van der Waals surface area contributed by atoms with Gasteiger partial charge < -0.3 is 15.2 Å². The van der Waals surface area contributed by atoms with Crippen LogP contribution in [0.5, 0.6) is 5.75 Å². The summed E-state index contributed by atoms with van der Waals surface area (Å²) in [7, 11) is 0.943. The Labute approximate surface area is 98.7 Å². The van der Waals surface area contributed by atoms with Gasteiger partial charge >= 0.3 is 12.3 Å². The molecular formula is C9H6F3N3O3. The molecule has 0 amide bonds. The topological polar surface area (TPSA) is 98.2 Å². The normalized spacial score (nSPS) is 10.6. The molecule has 0 radical (unpaired) electrons. The van der Waals surface area contributed by atoms with Gasteiger partial charge in [-0.15, -0.1) is 13.2 Å². The number of halogens is 3. The number of carbonyl (C=O) groups is 1. The molecule has 0 fully saturated rings. The van der Waals surface area contributed by atoms with Crippen LogP contribution in [0.25, 0.3) is 0 Å². The second kappa shape index (κ2) is 4.79. The summed E-state index contributed by atoms with van der Waals surface area (Å²) in [6.45, 7) is 0. The Morgan fingerprint density at radius 2 is 2.17 bits per heavy atom. The van der Waals surface area contributed by atoms with Gasteiger partial charge in [0.05, 0.1) is 13.3 Å². The van der Waals surface area contributed by atoms with Crippen molar-refractivity contribution in [1.82, 2.24) is 4.98 Å². The predicted molar refractivity (Wildman–Crippen MR) is 51.4 cm³/mol. The van der Waals surface area contributed by atoms with Crippen LogP contribution >= 0.6 is 0 Å². The zero-order valence-corrected chi connectivity index (χ0v) is 8.91. The number of aromatic nitrogens is 1. The highest BCUT2D eigenvalue weighted by Gasteiger charge is 2.35. The Morgan fingerprint density at radius 1 is 1.56 bits per heavy atom. The number of ether oxygens (including phenoxy) is 2. The van der Waals surface area contributed by atoms with Crippen molar-refractivity contribution in [2.45, 2.75) is 6.36 Å². The third-order valence-corrected chi connectivity index (χ3v) is 1.79. The SMILES string of the molecule is COC(=O)c1c(N)ncc(C#N)c1OC(F)(F)F. The molecule has 0 saturated heterocycles. The summed E-state index contributed by atoms with van der Waals surface area (Å²) in [6.07, 6.45) is -4.31. The molecule has 1 rings (SSSR count). The molecule has 0 aliphatic heterocycles. The molecule has 1 aromatic heterocycles. The van der Waals surface area contributed by atoms with Crippen molar-refractivity contribution >= 4 is 11.8 Å². The Bertz CT molecular complexity index is 522. The maximum Gasteiger partial charge on any atom is 0.573 e. The van der Waals surface area contributed by atoms with E-state index in [4.69, 9.17) is 11.0 Å². The van der Waals surface area contributed by atoms with Crippen molar-refractivity contribution in [1.29, 1.82) is 5.26 Å². The number of nitrogen functional groups attached to an aromatic ring is 1. The smallest absolute Gasteiger partial charge is 0.465 e. The molecule has 9 heteroatoms. The van der Waals surface area contributed by atoms with Gasteiger partial charge in [-0.3, -0.25) is 0 Å². The van der Waals surface area contributed by atoms with Crippen LogP contribution < -0.4 is 10.5 Å². The third kappa shape index (κ3) is 2.79. The van der Waals surface area contributed by atoms with E-state index in [-0.39, 0.29) is 0 Å². The van der Waals surface area contributed by atoms with Gasteiger partial charge in [0, 0.05) is 0 Å². The van der Waals surface area contributed by atoms with Gasteiger partial charge in [0.15, 0.2) is 5.75 Å². The molecule has 1 heterocycles. The summed E-state index contributed by atoms with van der Waals surface area (Å²) in [6, 6.07) is 1.41. The summed E-state index contributed by atoms with van der Waals surface area (Å²) in [5, 5.41) is 8.65. The molecule has 1 aromatic rings. The number of rotatable bonds is 2. The lowest BCUT2D eigenvalue weighted by atomic mass is 10.1. The van der Waals surface area contributed by atoms with Crippen molar-refractivity contribution in [3.05, 3.63) is 17.3 Å². The molecule has 0 aromatic carbocycles. The number of carbonyl (C=O) groups excluding carboxylic acids is 1. The van der Waals surface area contributed by atoms with Crippen LogP contribution in [-0.2, 0) is 4.74 Å². The van der Waals surface area contributed by atoms with Gasteiger partial charge in [-0.25, -0.2) is 9.78 Å². The fourth-order valence-corrected chi connectivity index (χ4v) is 1.11. The van der Waals surface area contributed by atoms with Crippen molar-refractivity contribution in [3.8, 4) is 11.8 Å². The molecule has 0 unspecified atom stereocenters. The zero-order valence-electron chi connectivity index (χ0n) is 8.91. The quantitative estimate of drug-likeness (QED) is 0.803. The Balaban J connectivity index is 3.47. The first-order chi connectivity index (χ1) is 8.30. The third-order valence-electron chi connectivity index (χ3n) is 1.79. The summed E-state index contributed by atoms with van der Waals surface area (Å²) < 4.78 is 44.4. The average molecular weight is 261 g/mol. The molecule has 0 atom stereocenters. The maximum absolute atomic E-state index is 12.2. The van der Waals surface area contributed by atoms with Crippen LogP contribution in [0.3, 0.4) is 0 Å². The van der Waals surface area contributed by atoms with E-state index in [1.54, 1.807) is 0 Å². The summed E-state index contributed by atoms with van der Waals surface area (Å²) in [4.78, 5) is 14.7. The van der Waals surface area contributed by atoms with E-state index in [1.807, 2.05) is 0 Å². The van der Waals surface area contributed by atoms with Gasteiger partial charge in [-0.1, -0.05) is 0 Å². The van der Waals surface area contributed by atoms with Gasteiger partial charge in [-0.2, -0.15) is 5.26 Å². The lowest BCUT2D eigenvalue weighted by Crippen LogP contribution is -2.21. The van der Waals surface area contributed by atoms with E-state index in [1.165, 1.54) is 6.07 Å². The van der Waals surface area contributed by atoms with Crippen LogP contribution in [0.1, 0.15) is 15.9 Å². The van der Waals surface area contributed by atoms with E-state index >= 15 is 0 Å². The standard InChI is InChI=1S/C9H6F3N3O3/c1-17-8(16)5-6(18-9(10,11)12)4(2-13)3-15-7(5)14/h3H,1H3,(H2,14,15). The molecule has 2 N–H and O–H groups in total. The Hall–Kier alpha value is -2.50. The van der Waals surface area contributed by atoms with Gasteiger partial charge in [-0.05, 0) is 0 Å². The number of esters is 1. The number of alkyl halides is 3. The van der Waals surface area contributed by atoms with Crippen molar-refractivity contribution in [2.75, 3.05) is 12.8 Å². The first-order valence-corrected chi connectivity index (χ1v) is 4.32. The van der Waals surface area contributed by atoms with E-state index in [0.29, 0.717) is 0 Å². The van der Waals surface area contributed by atoms with Gasteiger partial charge in [0.1, 0.15) is 23.0 Å². The highest BCUT2D eigenvalue weighted by atomic mass is 19.4. The van der Waals surface area contributed by atoms with E-state index < -0.39 is 35.0 Å². The molecular weight excluding hydrogens is 255 g/mol. The van der Waals surface area contributed by atoms with Gasteiger partial charge in [0.25, 0.3) is 0 Å². The van der Waals surface area contributed by atoms with Crippen molar-refractivity contribution in [2.24, 2.45) is 0 Å². The number of anilines is 1. The minimum atomic E-state index is -5.08. The number of methoxy groups -OCH3 is 1. The molecule has 0 spiro atoms. The fraction of sp³-hybridized carbons (Fsp3) is 0.222. The number of pyridine rings is 1. The average Bonchev–Trinajstić information content (AvgIpc) is 2.27. The second-order valence-corrected chi connectivity index (χ2v) is 2.91. The monoisotopic (exact) mass is 261 g/mol. The predicted octanol–water partition coefficient (Wildman–Crippen LogP) is 1.22. The van der Waals surface area contributed by atoms with E-state index in [2.05, 4.69) is 14.5 Å². The molecule has 0 aliphatic rings. The molecule has 0 bridgehead atoms. The lowest BCUT2D eigenvalue weighted by molar-refractivity contribution is -0.274. The number of nitriles is 1. The first-order valence-electron chi connectivity index (χ1n) is 4.32. The second-order valence-electron chi connectivity index (χ2n) is 2.91. The Morgan fingerprint density at radius 3 is 2.61 bits per heavy atom. The van der Waals surface area contributed by atoms with Gasteiger partial charge in [0.2, 0.25) is 0 Å². The highest BCUT2D eigenvalue weighted by molar-refractivity contribution is 5.97. The number of hydrogen-bond donors (Lipinski definition) is 1. The summed E-state index contributed by atoms with van der Waals surface area (Å²) >= 11 is 0. The minimum absolute atomic E-state index is 0.528. The number of nitrogens with two attached hydrogens (primary N) is 1. The maximum atomic E-state index is 12.2. The molecule has 18 heavy (non-hydrogen) atoms. The zero-order chi connectivity index (χ0) is 13.9. The van der Waals surface area contributed by atoms with E-state index in [9.17, 15) is 18.0 Å². The highest BCUT2D eigenvalue weighted by Crippen LogP contribution is 2.32. The van der Waals surface area contributed by atoms with Crippen LogP contribution in [0.4, 0.5) is 19.0 Å². The minimum Gasteiger partial charge on any atom is -0.465 e. The lowest BCUT2D eigenvalue weighted by Gasteiger charge is -2.14. The molecule has 0 aliphatic carbocycles. The van der Waals surface area contributed by atoms with Crippen LogP contribution in [0, 0.1) is 11.3 Å². The molecule has 6 nitrogen and oxygen atoms in total. The molecule has 0 saturated carbocycles. The van der Waals surface area contributed by atoms with Crippen LogP contribution in [0.15, 0.2) is 6.20 Å². The first kappa shape index (κ1) is 13.6. The Kier molecular flexibility index (Phi) is 3.61. The van der Waals surface area contributed by atoms with Crippen molar-refractivity contribution < 1.29 is 27.4 Å². The van der Waals surface area contributed by atoms with E-state index in [0.717, 1.165) is 13.3 Å².